The Labute approximate surface area is 177 Å². The summed E-state index contributed by atoms with van der Waals surface area (Å²) in [6.45, 7) is 4.05. The second-order valence-corrected chi connectivity index (χ2v) is 8.87. The minimum atomic E-state index is -3.83. The van der Waals surface area contributed by atoms with E-state index >= 15 is 0 Å². The Hall–Kier alpha value is -3.19. The number of nitrogens with zero attached hydrogens (tertiary/aromatic N) is 2. The van der Waals surface area contributed by atoms with Crippen molar-refractivity contribution >= 4 is 21.6 Å². The fourth-order valence-corrected chi connectivity index (χ4v) is 4.50. The molecule has 6 nitrogen and oxygen atoms in total. The predicted molar refractivity (Wildman–Crippen MR) is 118 cm³/mol. The fraction of sp³-hybridized carbons (Fsp3) is 0.217. The second kappa shape index (κ2) is 9.09. The molecule has 30 heavy (non-hydrogen) atoms. The Morgan fingerprint density at radius 3 is 2.50 bits per heavy atom. The monoisotopic (exact) mass is 423 g/mol. The standard InChI is InChI=1S/C23H25N3O3S/c1-17-11-12-18(2)22(16-17)30(28,29)25-21-10-5-4-9-20(21)23(27)26(3)15-13-19-8-6-7-14-24-19/h4-12,14,16,25H,13,15H2,1-3H3. The Kier molecular flexibility index (Phi) is 6.52. The van der Waals surface area contributed by atoms with Crippen molar-refractivity contribution in [2.75, 3.05) is 18.3 Å². The van der Waals surface area contributed by atoms with Crippen molar-refractivity contribution in [3.05, 3.63) is 89.2 Å². The van der Waals surface area contributed by atoms with Crippen LogP contribution in [0.5, 0.6) is 0 Å². The van der Waals surface area contributed by atoms with E-state index in [0.717, 1.165) is 11.3 Å². The summed E-state index contributed by atoms with van der Waals surface area (Å²) < 4.78 is 28.6. The molecule has 0 saturated heterocycles. The first kappa shape index (κ1) is 21.5. The van der Waals surface area contributed by atoms with E-state index in [9.17, 15) is 13.2 Å². The Balaban J connectivity index is 1.81. The number of para-hydroxylation sites is 1. The lowest BCUT2D eigenvalue weighted by Gasteiger charge is -2.20. The van der Waals surface area contributed by atoms with E-state index < -0.39 is 10.0 Å². The topological polar surface area (TPSA) is 79.4 Å². The van der Waals surface area contributed by atoms with Crippen LogP contribution in [0.2, 0.25) is 0 Å². The zero-order valence-electron chi connectivity index (χ0n) is 17.3. The highest BCUT2D eigenvalue weighted by Crippen LogP contribution is 2.24. The molecule has 3 aromatic rings. The van der Waals surface area contributed by atoms with Crippen LogP contribution in [-0.2, 0) is 16.4 Å². The zero-order valence-corrected chi connectivity index (χ0v) is 18.1. The van der Waals surface area contributed by atoms with Crippen molar-refractivity contribution in [2.45, 2.75) is 25.2 Å². The van der Waals surface area contributed by atoms with Crippen LogP contribution < -0.4 is 4.72 Å². The van der Waals surface area contributed by atoms with E-state index in [4.69, 9.17) is 0 Å². The number of anilines is 1. The van der Waals surface area contributed by atoms with E-state index in [-0.39, 0.29) is 16.5 Å². The highest BCUT2D eigenvalue weighted by Gasteiger charge is 2.22. The molecule has 1 amide bonds. The third-order valence-electron chi connectivity index (χ3n) is 4.81. The van der Waals surface area contributed by atoms with Gasteiger partial charge in [0.2, 0.25) is 0 Å². The molecule has 1 aromatic heterocycles. The van der Waals surface area contributed by atoms with E-state index in [1.54, 1.807) is 61.5 Å². The van der Waals surface area contributed by atoms with Gasteiger partial charge in [0.05, 0.1) is 16.1 Å². The quantitative estimate of drug-likeness (QED) is 0.627. The molecule has 156 valence electrons. The van der Waals surface area contributed by atoms with E-state index in [1.807, 2.05) is 31.2 Å². The van der Waals surface area contributed by atoms with Gasteiger partial charge in [-0.15, -0.1) is 0 Å². The molecule has 1 N–H and O–H groups in total. The van der Waals surface area contributed by atoms with Gasteiger partial charge in [0.25, 0.3) is 15.9 Å². The molecule has 0 atom stereocenters. The highest BCUT2D eigenvalue weighted by atomic mass is 32.2. The number of carbonyl (C=O) groups excluding carboxylic acids is 1. The second-order valence-electron chi connectivity index (χ2n) is 7.22. The van der Waals surface area contributed by atoms with E-state index in [0.29, 0.717) is 24.1 Å². The first-order chi connectivity index (χ1) is 14.3. The number of likely N-dealkylation sites (N-methyl/N-ethyl adjacent to an activating group) is 1. The SMILES string of the molecule is Cc1ccc(C)c(S(=O)(=O)Nc2ccccc2C(=O)N(C)CCc2ccccn2)c1. The normalized spacial score (nSPS) is 11.2. The van der Waals surface area contributed by atoms with E-state index in [2.05, 4.69) is 9.71 Å². The van der Waals surface area contributed by atoms with E-state index in [1.165, 1.54) is 0 Å². The van der Waals surface area contributed by atoms with Gasteiger partial charge in [-0.05, 0) is 55.3 Å². The number of sulfonamides is 1. The fourth-order valence-electron chi connectivity index (χ4n) is 3.09. The summed E-state index contributed by atoms with van der Waals surface area (Å²) in [6.07, 6.45) is 2.33. The van der Waals surface area contributed by atoms with Crippen LogP contribution in [0.25, 0.3) is 0 Å². The van der Waals surface area contributed by atoms with Crippen LogP contribution in [0.4, 0.5) is 5.69 Å². The van der Waals surface area contributed by atoms with Gasteiger partial charge in [0.15, 0.2) is 0 Å². The molecule has 0 aliphatic heterocycles. The Morgan fingerprint density at radius 2 is 1.77 bits per heavy atom. The lowest BCUT2D eigenvalue weighted by molar-refractivity contribution is 0.0797. The van der Waals surface area contributed by atoms with Gasteiger partial charge in [0, 0.05) is 31.9 Å². The minimum Gasteiger partial charge on any atom is -0.341 e. The maximum absolute atomic E-state index is 13.0. The lowest BCUT2D eigenvalue weighted by atomic mass is 10.1. The number of pyridine rings is 1. The number of aromatic nitrogens is 1. The number of aryl methyl sites for hydroxylation is 2. The third kappa shape index (κ3) is 5.04. The van der Waals surface area contributed by atoms with Crippen molar-refractivity contribution < 1.29 is 13.2 Å². The number of benzene rings is 2. The molecule has 0 radical (unpaired) electrons. The van der Waals surface area contributed by atoms with Crippen LogP contribution in [0.3, 0.4) is 0 Å². The number of nitrogens with one attached hydrogen (secondary N) is 1. The molecule has 3 rings (SSSR count). The summed E-state index contributed by atoms with van der Waals surface area (Å²) in [7, 11) is -2.14. The number of carbonyl (C=O) groups is 1. The maximum Gasteiger partial charge on any atom is 0.262 e. The molecule has 0 unspecified atom stereocenters. The van der Waals surface area contributed by atoms with Gasteiger partial charge in [-0.2, -0.15) is 0 Å². The molecule has 0 saturated carbocycles. The number of rotatable bonds is 7. The van der Waals surface area contributed by atoms with Crippen molar-refractivity contribution in [3.63, 3.8) is 0 Å². The van der Waals surface area contributed by atoms with Crippen LogP contribution in [-0.4, -0.2) is 37.8 Å². The van der Waals surface area contributed by atoms with Gasteiger partial charge in [-0.25, -0.2) is 8.42 Å². The molecule has 2 aromatic carbocycles. The van der Waals surface area contributed by atoms with Gasteiger partial charge >= 0.3 is 0 Å². The smallest absolute Gasteiger partial charge is 0.262 e. The highest BCUT2D eigenvalue weighted by molar-refractivity contribution is 7.92. The molecular weight excluding hydrogens is 398 g/mol. The molecule has 0 aliphatic rings. The van der Waals surface area contributed by atoms with Crippen LogP contribution in [0, 0.1) is 13.8 Å². The van der Waals surface area contributed by atoms with Crippen LogP contribution >= 0.6 is 0 Å². The molecule has 0 fully saturated rings. The largest absolute Gasteiger partial charge is 0.341 e. The maximum atomic E-state index is 13.0. The number of hydrogen-bond donors (Lipinski definition) is 1. The number of hydrogen-bond acceptors (Lipinski definition) is 4. The predicted octanol–water partition coefficient (Wildman–Crippen LogP) is 3.81. The van der Waals surface area contributed by atoms with Crippen LogP contribution in [0.1, 0.15) is 27.2 Å². The molecular formula is C23H25N3O3S. The van der Waals surface area contributed by atoms with Gasteiger partial charge in [-0.1, -0.05) is 30.3 Å². The summed E-state index contributed by atoms with van der Waals surface area (Å²) in [5.41, 5.74) is 2.94. The van der Waals surface area contributed by atoms with Gasteiger partial charge in [0.1, 0.15) is 0 Å². The van der Waals surface area contributed by atoms with Gasteiger partial charge < -0.3 is 4.90 Å². The van der Waals surface area contributed by atoms with Crippen molar-refractivity contribution in [3.8, 4) is 0 Å². The molecule has 0 bridgehead atoms. The molecule has 7 heteroatoms. The lowest BCUT2D eigenvalue weighted by Crippen LogP contribution is -2.30. The summed E-state index contributed by atoms with van der Waals surface area (Å²) in [5, 5.41) is 0. The molecule has 0 aliphatic carbocycles. The summed E-state index contributed by atoms with van der Waals surface area (Å²) in [4.78, 5) is 19.0. The third-order valence-corrected chi connectivity index (χ3v) is 6.32. The summed E-state index contributed by atoms with van der Waals surface area (Å²) in [6, 6.07) is 17.6. The van der Waals surface area contributed by atoms with Gasteiger partial charge in [-0.3, -0.25) is 14.5 Å². The Morgan fingerprint density at radius 1 is 1.03 bits per heavy atom. The molecule has 1 heterocycles. The van der Waals surface area contributed by atoms with Crippen LogP contribution in [0.15, 0.2) is 71.8 Å². The average Bonchev–Trinajstić information content (AvgIpc) is 2.74. The zero-order chi connectivity index (χ0) is 21.7. The summed E-state index contributed by atoms with van der Waals surface area (Å²) in [5.74, 6) is -0.259. The van der Waals surface area contributed by atoms with Crippen molar-refractivity contribution in [1.29, 1.82) is 0 Å². The van der Waals surface area contributed by atoms with Crippen molar-refractivity contribution in [2.24, 2.45) is 0 Å². The van der Waals surface area contributed by atoms with Crippen molar-refractivity contribution in [1.82, 2.24) is 9.88 Å². The Bertz CT molecular complexity index is 1150. The first-order valence-electron chi connectivity index (χ1n) is 9.62. The summed E-state index contributed by atoms with van der Waals surface area (Å²) >= 11 is 0. The molecule has 0 spiro atoms. The average molecular weight is 424 g/mol. The first-order valence-corrected chi connectivity index (χ1v) is 11.1. The minimum absolute atomic E-state index is 0.202. The number of amides is 1.